The van der Waals surface area contributed by atoms with Gasteiger partial charge in [0.1, 0.15) is 17.3 Å². The number of halogens is 2. The molecule has 0 saturated carbocycles. The molecule has 0 aliphatic rings. The first-order chi connectivity index (χ1) is 10.7. The van der Waals surface area contributed by atoms with Crippen molar-refractivity contribution in [1.29, 1.82) is 0 Å². The van der Waals surface area contributed by atoms with E-state index in [9.17, 15) is 22.0 Å². The molecule has 2 aromatic rings. The summed E-state index contributed by atoms with van der Waals surface area (Å²) in [5, 5.41) is 2.16. The normalized spacial score (nSPS) is 11.1. The Balaban J connectivity index is 2.25. The first-order valence-corrected chi connectivity index (χ1v) is 8.40. The Morgan fingerprint density at radius 1 is 1.09 bits per heavy atom. The number of benzene rings is 2. The summed E-state index contributed by atoms with van der Waals surface area (Å²) >= 11 is 0. The van der Waals surface area contributed by atoms with E-state index in [4.69, 9.17) is 0 Å². The topological polar surface area (TPSA) is 75.3 Å². The fourth-order valence-corrected chi connectivity index (χ4v) is 2.55. The molecular weight excluding hydrogens is 326 g/mol. The highest BCUT2D eigenvalue weighted by molar-refractivity contribution is 7.92. The van der Waals surface area contributed by atoms with Crippen LogP contribution in [0.5, 0.6) is 0 Å². The molecule has 2 rings (SSSR count). The zero-order valence-electron chi connectivity index (χ0n) is 12.4. The maximum Gasteiger partial charge on any atom is 0.255 e. The van der Waals surface area contributed by atoms with Crippen molar-refractivity contribution in [2.75, 3.05) is 16.3 Å². The first kappa shape index (κ1) is 16.9. The van der Waals surface area contributed by atoms with Crippen LogP contribution in [0.3, 0.4) is 0 Å². The van der Waals surface area contributed by atoms with Crippen molar-refractivity contribution in [3.8, 4) is 0 Å². The maximum atomic E-state index is 13.5. The zero-order valence-corrected chi connectivity index (χ0v) is 13.2. The molecule has 0 fully saturated rings. The Bertz CT molecular complexity index is 847. The van der Waals surface area contributed by atoms with Crippen molar-refractivity contribution in [2.24, 2.45) is 0 Å². The fourth-order valence-electron chi connectivity index (χ4n) is 1.92. The third-order valence-corrected chi connectivity index (χ3v) is 3.58. The summed E-state index contributed by atoms with van der Waals surface area (Å²) in [4.78, 5) is 12.1. The highest BCUT2D eigenvalue weighted by Crippen LogP contribution is 2.21. The van der Waals surface area contributed by atoms with Crippen LogP contribution in [0.25, 0.3) is 0 Å². The molecule has 0 saturated heterocycles. The summed E-state index contributed by atoms with van der Waals surface area (Å²) in [5.74, 6) is -2.47. The predicted molar refractivity (Wildman–Crippen MR) is 84.0 cm³/mol. The zero-order chi connectivity index (χ0) is 17.2. The minimum absolute atomic E-state index is 0.143. The number of aryl methyl sites for hydroxylation is 1. The SMILES string of the molecule is Cc1cc(C(=O)Nc2c(F)cccc2F)ccc1NS(C)(=O)=O. The second-order valence-corrected chi connectivity index (χ2v) is 6.70. The first-order valence-electron chi connectivity index (χ1n) is 6.51. The van der Waals surface area contributed by atoms with E-state index in [2.05, 4.69) is 10.0 Å². The van der Waals surface area contributed by atoms with Crippen molar-refractivity contribution in [3.05, 3.63) is 59.2 Å². The number of carbonyl (C=O) groups is 1. The molecule has 2 aromatic carbocycles. The molecule has 0 unspecified atom stereocenters. The molecule has 0 aliphatic carbocycles. The third kappa shape index (κ3) is 4.26. The van der Waals surface area contributed by atoms with Gasteiger partial charge in [0.05, 0.1) is 11.9 Å². The van der Waals surface area contributed by atoms with Gasteiger partial charge in [-0.05, 0) is 42.8 Å². The van der Waals surface area contributed by atoms with Gasteiger partial charge in [-0.1, -0.05) is 6.07 Å². The summed E-state index contributed by atoms with van der Waals surface area (Å²) < 4.78 is 51.8. The molecule has 23 heavy (non-hydrogen) atoms. The van der Waals surface area contributed by atoms with Crippen LogP contribution >= 0.6 is 0 Å². The number of carbonyl (C=O) groups excluding carboxylic acids is 1. The summed E-state index contributed by atoms with van der Waals surface area (Å²) in [6.07, 6.45) is 1.01. The van der Waals surface area contributed by atoms with Crippen LogP contribution < -0.4 is 10.0 Å². The standard InChI is InChI=1S/C15H14F2N2O3S/c1-9-8-10(6-7-13(9)19-23(2,21)22)15(20)18-14-11(16)4-3-5-12(14)17/h3-8,19H,1-2H3,(H,18,20). The molecule has 0 heterocycles. The van der Waals surface area contributed by atoms with Gasteiger partial charge in [-0.15, -0.1) is 0 Å². The minimum Gasteiger partial charge on any atom is -0.317 e. The summed E-state index contributed by atoms with van der Waals surface area (Å²) in [6, 6.07) is 7.43. The molecule has 0 atom stereocenters. The van der Waals surface area contributed by atoms with Gasteiger partial charge >= 0.3 is 0 Å². The molecule has 0 aromatic heterocycles. The van der Waals surface area contributed by atoms with Crippen molar-refractivity contribution >= 4 is 27.3 Å². The molecule has 0 spiro atoms. The second kappa shape index (κ2) is 6.33. The van der Waals surface area contributed by atoms with Gasteiger partial charge in [0.25, 0.3) is 5.91 Å². The van der Waals surface area contributed by atoms with Gasteiger partial charge in [-0.25, -0.2) is 17.2 Å². The monoisotopic (exact) mass is 340 g/mol. The van der Waals surface area contributed by atoms with E-state index in [1.165, 1.54) is 24.3 Å². The highest BCUT2D eigenvalue weighted by Gasteiger charge is 2.14. The summed E-state index contributed by atoms with van der Waals surface area (Å²) in [7, 11) is -3.44. The Hall–Kier alpha value is -2.48. The molecule has 1 amide bonds. The van der Waals surface area contributed by atoms with Crippen LogP contribution in [0.4, 0.5) is 20.2 Å². The number of hydrogen-bond acceptors (Lipinski definition) is 3. The number of nitrogens with one attached hydrogen (secondary N) is 2. The number of rotatable bonds is 4. The number of para-hydroxylation sites is 1. The van der Waals surface area contributed by atoms with Crippen LogP contribution in [0.15, 0.2) is 36.4 Å². The number of anilines is 2. The lowest BCUT2D eigenvalue weighted by molar-refractivity contribution is 0.102. The Labute approximate surface area is 132 Å². The lowest BCUT2D eigenvalue weighted by Gasteiger charge is -2.11. The van der Waals surface area contributed by atoms with E-state index in [1.54, 1.807) is 6.92 Å². The third-order valence-electron chi connectivity index (χ3n) is 2.99. The fraction of sp³-hybridized carbons (Fsp3) is 0.133. The van der Waals surface area contributed by atoms with Gasteiger partial charge in [-0.2, -0.15) is 0 Å². The average Bonchev–Trinajstić information content (AvgIpc) is 2.43. The smallest absolute Gasteiger partial charge is 0.255 e. The molecule has 0 radical (unpaired) electrons. The van der Waals surface area contributed by atoms with Crippen molar-refractivity contribution in [3.63, 3.8) is 0 Å². The van der Waals surface area contributed by atoms with E-state index in [0.717, 1.165) is 18.4 Å². The van der Waals surface area contributed by atoms with E-state index >= 15 is 0 Å². The second-order valence-electron chi connectivity index (χ2n) is 4.95. The number of sulfonamides is 1. The van der Waals surface area contributed by atoms with Crippen molar-refractivity contribution in [2.45, 2.75) is 6.92 Å². The number of hydrogen-bond donors (Lipinski definition) is 2. The lowest BCUT2D eigenvalue weighted by Crippen LogP contribution is -2.15. The minimum atomic E-state index is -3.44. The van der Waals surface area contributed by atoms with Crippen LogP contribution in [0.2, 0.25) is 0 Å². The van der Waals surface area contributed by atoms with Gasteiger partial charge < -0.3 is 5.32 Å². The van der Waals surface area contributed by atoms with Crippen LogP contribution in [-0.2, 0) is 10.0 Å². The Morgan fingerprint density at radius 2 is 1.70 bits per heavy atom. The molecular formula is C15H14F2N2O3S. The van der Waals surface area contributed by atoms with E-state index in [0.29, 0.717) is 11.3 Å². The molecule has 5 nitrogen and oxygen atoms in total. The van der Waals surface area contributed by atoms with E-state index in [1.807, 2.05) is 0 Å². The quantitative estimate of drug-likeness (QED) is 0.899. The van der Waals surface area contributed by atoms with Crippen molar-refractivity contribution < 1.29 is 22.0 Å². The maximum absolute atomic E-state index is 13.5. The summed E-state index contributed by atoms with van der Waals surface area (Å²) in [5.41, 5.74) is 0.427. The predicted octanol–water partition coefficient (Wildman–Crippen LogP) is 2.90. The van der Waals surface area contributed by atoms with Gasteiger partial charge in [0, 0.05) is 5.56 Å². The molecule has 0 aliphatic heterocycles. The van der Waals surface area contributed by atoms with Crippen LogP contribution in [-0.4, -0.2) is 20.6 Å². The van der Waals surface area contributed by atoms with Crippen molar-refractivity contribution in [1.82, 2.24) is 0 Å². The molecule has 8 heteroatoms. The summed E-state index contributed by atoms with van der Waals surface area (Å²) in [6.45, 7) is 1.61. The lowest BCUT2D eigenvalue weighted by atomic mass is 10.1. The van der Waals surface area contributed by atoms with Gasteiger partial charge in [0.15, 0.2) is 0 Å². The molecule has 2 N–H and O–H groups in total. The van der Waals surface area contributed by atoms with Crippen LogP contribution in [0, 0.1) is 18.6 Å². The van der Waals surface area contributed by atoms with Crippen LogP contribution in [0.1, 0.15) is 15.9 Å². The molecule has 0 bridgehead atoms. The van der Waals surface area contributed by atoms with Gasteiger partial charge in [-0.3, -0.25) is 9.52 Å². The van der Waals surface area contributed by atoms with E-state index in [-0.39, 0.29) is 5.56 Å². The molecule has 122 valence electrons. The van der Waals surface area contributed by atoms with Gasteiger partial charge in [0.2, 0.25) is 10.0 Å². The Kier molecular flexibility index (Phi) is 4.65. The average molecular weight is 340 g/mol. The largest absolute Gasteiger partial charge is 0.317 e. The van der Waals surface area contributed by atoms with E-state index < -0.39 is 33.3 Å². The Morgan fingerprint density at radius 3 is 2.22 bits per heavy atom. The highest BCUT2D eigenvalue weighted by atomic mass is 32.2. The number of amides is 1.